The zero-order chi connectivity index (χ0) is 10.7. The Morgan fingerprint density at radius 1 is 1.53 bits per heavy atom. The van der Waals surface area contributed by atoms with Gasteiger partial charge in [0.1, 0.15) is 0 Å². The molecule has 1 atom stereocenters. The molecule has 0 amide bonds. The predicted molar refractivity (Wildman–Crippen MR) is 73.7 cm³/mol. The summed E-state index contributed by atoms with van der Waals surface area (Å²) in [7, 11) is 0. The number of hydrogen-bond donors (Lipinski definition) is 2. The van der Waals surface area contributed by atoms with Gasteiger partial charge in [-0.25, -0.2) is 0 Å². The molecule has 1 saturated heterocycles. The first-order chi connectivity index (χ1) is 7.25. The molecule has 2 nitrogen and oxygen atoms in total. The quantitative estimate of drug-likeness (QED) is 0.829. The molecule has 4 heteroatoms. The number of hydrogen-bond acceptors (Lipinski definition) is 2. The minimum Gasteiger partial charge on any atom is -0.383 e. The van der Waals surface area contributed by atoms with E-state index in [0.717, 1.165) is 18.1 Å². The van der Waals surface area contributed by atoms with Gasteiger partial charge in [0.25, 0.3) is 0 Å². The van der Waals surface area contributed by atoms with Crippen LogP contribution in [0.2, 0.25) is 5.02 Å². The second-order valence-electron chi connectivity index (χ2n) is 3.80. The fraction of sp³-hybridized carbons (Fsp3) is 0.455. The highest BCUT2D eigenvalue weighted by Gasteiger charge is 2.13. The summed E-state index contributed by atoms with van der Waals surface area (Å²) in [5.74, 6) is 0. The third kappa shape index (κ3) is 3.23. The Bertz CT molecular complexity index is 337. The summed E-state index contributed by atoms with van der Waals surface area (Å²) >= 11 is 8.20. The Kier molecular flexibility index (Phi) is 4.11. The second-order valence-corrected chi connectivity index (χ2v) is 5.40. The van der Waals surface area contributed by atoms with Crippen LogP contribution >= 0.6 is 34.2 Å². The van der Waals surface area contributed by atoms with Gasteiger partial charge in [0.05, 0.1) is 0 Å². The van der Waals surface area contributed by atoms with Crippen molar-refractivity contribution in [2.24, 2.45) is 0 Å². The van der Waals surface area contributed by atoms with Crippen molar-refractivity contribution in [3.8, 4) is 0 Å². The SMILES string of the molecule is Clc1ccc(NCC2CCCN2)c(I)c1. The molecule has 1 aromatic rings. The fourth-order valence-corrected chi connectivity index (χ4v) is 2.86. The summed E-state index contributed by atoms with van der Waals surface area (Å²) in [6.07, 6.45) is 2.57. The van der Waals surface area contributed by atoms with E-state index in [0.29, 0.717) is 6.04 Å². The molecule has 1 unspecified atom stereocenters. The van der Waals surface area contributed by atoms with Crippen LogP contribution in [0.3, 0.4) is 0 Å². The second kappa shape index (κ2) is 5.37. The molecular formula is C11H14ClIN2. The van der Waals surface area contributed by atoms with Crippen LogP contribution < -0.4 is 10.6 Å². The molecule has 1 aliphatic heterocycles. The van der Waals surface area contributed by atoms with Crippen LogP contribution in [0.1, 0.15) is 12.8 Å². The Labute approximate surface area is 109 Å². The van der Waals surface area contributed by atoms with E-state index in [1.807, 2.05) is 18.2 Å². The number of halogens is 2. The zero-order valence-electron chi connectivity index (χ0n) is 8.39. The van der Waals surface area contributed by atoms with E-state index < -0.39 is 0 Å². The lowest BCUT2D eigenvalue weighted by Gasteiger charge is -2.13. The molecule has 0 spiro atoms. The van der Waals surface area contributed by atoms with E-state index in [1.165, 1.54) is 22.1 Å². The van der Waals surface area contributed by atoms with Crippen LogP contribution in [0.5, 0.6) is 0 Å². The maximum absolute atomic E-state index is 5.90. The van der Waals surface area contributed by atoms with E-state index >= 15 is 0 Å². The lowest BCUT2D eigenvalue weighted by molar-refractivity contribution is 0.633. The topological polar surface area (TPSA) is 24.1 Å². The van der Waals surface area contributed by atoms with E-state index in [2.05, 4.69) is 33.2 Å². The molecule has 1 fully saturated rings. The predicted octanol–water partition coefficient (Wildman–Crippen LogP) is 3.11. The van der Waals surface area contributed by atoms with E-state index in [9.17, 15) is 0 Å². The van der Waals surface area contributed by atoms with Crippen molar-refractivity contribution in [3.05, 3.63) is 26.8 Å². The molecule has 0 bridgehead atoms. The molecule has 1 heterocycles. The number of rotatable bonds is 3. The molecule has 2 N–H and O–H groups in total. The van der Waals surface area contributed by atoms with Gasteiger partial charge in [0, 0.05) is 26.9 Å². The summed E-state index contributed by atoms with van der Waals surface area (Å²) in [6, 6.07) is 6.57. The van der Waals surface area contributed by atoms with E-state index in [1.54, 1.807) is 0 Å². The minimum absolute atomic E-state index is 0.622. The first-order valence-corrected chi connectivity index (χ1v) is 6.63. The standard InChI is InChI=1S/C11H14ClIN2/c12-8-3-4-11(10(13)6-8)15-7-9-2-1-5-14-9/h3-4,6,9,14-15H,1-2,5,7H2. The van der Waals surface area contributed by atoms with Crippen molar-refractivity contribution < 1.29 is 0 Å². The molecule has 0 radical (unpaired) electrons. The molecule has 0 aromatic heterocycles. The van der Waals surface area contributed by atoms with Gasteiger partial charge in [0.15, 0.2) is 0 Å². The van der Waals surface area contributed by atoms with Gasteiger partial charge in [-0.15, -0.1) is 0 Å². The van der Waals surface area contributed by atoms with Gasteiger partial charge in [0.2, 0.25) is 0 Å². The summed E-state index contributed by atoms with van der Waals surface area (Å²) < 4.78 is 1.18. The molecule has 1 aromatic carbocycles. The largest absolute Gasteiger partial charge is 0.383 e. The molecule has 82 valence electrons. The smallest absolute Gasteiger partial charge is 0.0477 e. The van der Waals surface area contributed by atoms with Crippen molar-refractivity contribution in [1.29, 1.82) is 0 Å². The maximum atomic E-state index is 5.90. The maximum Gasteiger partial charge on any atom is 0.0477 e. The van der Waals surface area contributed by atoms with Gasteiger partial charge < -0.3 is 10.6 Å². The van der Waals surface area contributed by atoms with Crippen LogP contribution in [0.25, 0.3) is 0 Å². The monoisotopic (exact) mass is 336 g/mol. The number of nitrogens with one attached hydrogen (secondary N) is 2. The molecule has 15 heavy (non-hydrogen) atoms. The molecule has 0 aliphatic carbocycles. The highest BCUT2D eigenvalue weighted by atomic mass is 127. The van der Waals surface area contributed by atoms with Gasteiger partial charge in [-0.3, -0.25) is 0 Å². The van der Waals surface area contributed by atoms with E-state index in [4.69, 9.17) is 11.6 Å². The van der Waals surface area contributed by atoms with Gasteiger partial charge in [-0.05, 0) is 60.2 Å². The molecule has 0 saturated carbocycles. The highest BCUT2D eigenvalue weighted by molar-refractivity contribution is 14.1. The Morgan fingerprint density at radius 2 is 2.40 bits per heavy atom. The van der Waals surface area contributed by atoms with Crippen LogP contribution in [-0.4, -0.2) is 19.1 Å². The first-order valence-electron chi connectivity index (χ1n) is 5.18. The number of anilines is 1. The first kappa shape index (κ1) is 11.5. The van der Waals surface area contributed by atoms with Crippen molar-refractivity contribution in [3.63, 3.8) is 0 Å². The average molecular weight is 337 g/mol. The molecular weight excluding hydrogens is 322 g/mol. The van der Waals surface area contributed by atoms with Crippen LogP contribution in [0.15, 0.2) is 18.2 Å². The Morgan fingerprint density at radius 3 is 3.07 bits per heavy atom. The van der Waals surface area contributed by atoms with Crippen molar-refractivity contribution in [2.75, 3.05) is 18.4 Å². The van der Waals surface area contributed by atoms with Crippen LogP contribution in [0, 0.1) is 3.57 Å². The molecule has 2 rings (SSSR count). The lowest BCUT2D eigenvalue weighted by Crippen LogP contribution is -2.29. The lowest BCUT2D eigenvalue weighted by atomic mass is 10.2. The van der Waals surface area contributed by atoms with Gasteiger partial charge in [-0.2, -0.15) is 0 Å². The van der Waals surface area contributed by atoms with Gasteiger partial charge in [-0.1, -0.05) is 11.6 Å². The summed E-state index contributed by atoms with van der Waals surface area (Å²) in [4.78, 5) is 0. The van der Waals surface area contributed by atoms with Crippen molar-refractivity contribution in [2.45, 2.75) is 18.9 Å². The third-order valence-corrected chi connectivity index (χ3v) is 3.76. The van der Waals surface area contributed by atoms with Crippen molar-refractivity contribution in [1.82, 2.24) is 5.32 Å². The van der Waals surface area contributed by atoms with Crippen LogP contribution in [0.4, 0.5) is 5.69 Å². The normalized spacial score (nSPS) is 20.5. The molecule has 1 aliphatic rings. The average Bonchev–Trinajstić information content (AvgIpc) is 2.69. The third-order valence-electron chi connectivity index (χ3n) is 2.63. The Balaban J connectivity index is 1.92. The Hall–Kier alpha value is -0.000000000000000111. The fourth-order valence-electron chi connectivity index (χ4n) is 1.80. The summed E-state index contributed by atoms with van der Waals surface area (Å²) in [5.41, 5.74) is 1.17. The summed E-state index contributed by atoms with van der Waals surface area (Å²) in [6.45, 7) is 2.15. The van der Waals surface area contributed by atoms with Gasteiger partial charge >= 0.3 is 0 Å². The zero-order valence-corrected chi connectivity index (χ0v) is 11.3. The van der Waals surface area contributed by atoms with Crippen molar-refractivity contribution >= 4 is 39.9 Å². The van der Waals surface area contributed by atoms with E-state index in [-0.39, 0.29) is 0 Å². The highest BCUT2D eigenvalue weighted by Crippen LogP contribution is 2.22. The van der Waals surface area contributed by atoms with Crippen LogP contribution in [-0.2, 0) is 0 Å². The summed E-state index contributed by atoms with van der Waals surface area (Å²) in [5, 5.41) is 7.72. The minimum atomic E-state index is 0.622. The number of benzene rings is 1.